The van der Waals surface area contributed by atoms with Crippen LogP contribution in [0.15, 0.2) is 0 Å². The first-order valence-electron chi connectivity index (χ1n) is 8.30. The van der Waals surface area contributed by atoms with Gasteiger partial charge in [-0.2, -0.15) is 0 Å². The Balaban J connectivity index is 1.37. The molecule has 3 heteroatoms. The summed E-state index contributed by atoms with van der Waals surface area (Å²) in [5, 5.41) is 0. The minimum atomic E-state index is 0.963. The number of hydrogen-bond donors (Lipinski definition) is 0. The van der Waals surface area contributed by atoms with E-state index >= 15 is 0 Å². The van der Waals surface area contributed by atoms with Gasteiger partial charge >= 0.3 is 0 Å². The third-order valence-corrected chi connectivity index (χ3v) is 5.72. The lowest BCUT2D eigenvalue weighted by Crippen LogP contribution is -2.50. The molecule has 3 aliphatic heterocycles. The van der Waals surface area contributed by atoms with E-state index in [-0.39, 0.29) is 0 Å². The third kappa shape index (κ3) is 3.50. The first-order chi connectivity index (χ1) is 9.20. The summed E-state index contributed by atoms with van der Waals surface area (Å²) in [6, 6.07) is 0. The van der Waals surface area contributed by atoms with Crippen molar-refractivity contribution in [3.63, 3.8) is 0 Å². The second kappa shape index (κ2) is 6.11. The molecule has 110 valence electrons. The lowest BCUT2D eigenvalue weighted by Gasteiger charge is -2.43. The molecule has 0 atom stereocenters. The Hall–Kier alpha value is -0.120. The van der Waals surface area contributed by atoms with Crippen LogP contribution in [0.1, 0.15) is 25.7 Å². The van der Waals surface area contributed by atoms with Gasteiger partial charge in [0, 0.05) is 19.6 Å². The standard InChI is InChI=1S/C16H31N3/c1-17-7-3-15(4-8-17)16-5-9-19(10-6-16)13-14-11-18(2)12-14/h14-16H,3-13H2,1-2H3. The summed E-state index contributed by atoms with van der Waals surface area (Å²) in [6.07, 6.45) is 5.84. The molecule has 3 nitrogen and oxygen atoms in total. The van der Waals surface area contributed by atoms with Gasteiger partial charge in [-0.15, -0.1) is 0 Å². The molecule has 0 radical (unpaired) electrons. The fraction of sp³-hybridized carbons (Fsp3) is 1.00. The number of nitrogens with zero attached hydrogens (tertiary/aromatic N) is 3. The van der Waals surface area contributed by atoms with Crippen LogP contribution >= 0.6 is 0 Å². The Labute approximate surface area is 118 Å². The fourth-order valence-corrected chi connectivity index (χ4v) is 4.42. The second-order valence-corrected chi connectivity index (χ2v) is 7.37. The summed E-state index contributed by atoms with van der Waals surface area (Å²) in [6.45, 7) is 9.43. The molecular formula is C16H31N3. The van der Waals surface area contributed by atoms with Crippen molar-refractivity contribution in [2.45, 2.75) is 25.7 Å². The Morgan fingerprint density at radius 3 is 1.79 bits per heavy atom. The van der Waals surface area contributed by atoms with Crippen molar-refractivity contribution >= 4 is 0 Å². The largest absolute Gasteiger partial charge is 0.306 e. The van der Waals surface area contributed by atoms with Crippen LogP contribution in [0.2, 0.25) is 0 Å². The summed E-state index contributed by atoms with van der Waals surface area (Å²) in [5.41, 5.74) is 0. The Morgan fingerprint density at radius 1 is 0.737 bits per heavy atom. The monoisotopic (exact) mass is 265 g/mol. The lowest BCUT2D eigenvalue weighted by molar-refractivity contribution is 0.0578. The molecule has 0 spiro atoms. The molecule has 0 saturated carbocycles. The lowest BCUT2D eigenvalue weighted by atomic mass is 9.78. The van der Waals surface area contributed by atoms with Crippen molar-refractivity contribution in [1.29, 1.82) is 0 Å². The van der Waals surface area contributed by atoms with Gasteiger partial charge in [0.05, 0.1) is 0 Å². The van der Waals surface area contributed by atoms with E-state index in [1.165, 1.54) is 71.5 Å². The van der Waals surface area contributed by atoms with E-state index in [2.05, 4.69) is 28.8 Å². The summed E-state index contributed by atoms with van der Waals surface area (Å²) in [4.78, 5) is 7.68. The molecule has 0 bridgehead atoms. The summed E-state index contributed by atoms with van der Waals surface area (Å²) >= 11 is 0. The number of likely N-dealkylation sites (tertiary alicyclic amines) is 3. The molecule has 0 aromatic heterocycles. The molecule has 3 saturated heterocycles. The van der Waals surface area contributed by atoms with Gasteiger partial charge in [0.25, 0.3) is 0 Å². The van der Waals surface area contributed by atoms with Crippen molar-refractivity contribution in [2.75, 3.05) is 59.9 Å². The average Bonchev–Trinajstić information content (AvgIpc) is 2.39. The fourth-order valence-electron chi connectivity index (χ4n) is 4.42. The molecule has 19 heavy (non-hydrogen) atoms. The highest BCUT2D eigenvalue weighted by molar-refractivity contribution is 4.85. The van der Waals surface area contributed by atoms with Crippen LogP contribution in [-0.4, -0.2) is 74.6 Å². The van der Waals surface area contributed by atoms with Gasteiger partial charge in [0.2, 0.25) is 0 Å². The van der Waals surface area contributed by atoms with Gasteiger partial charge in [-0.1, -0.05) is 0 Å². The maximum Gasteiger partial charge on any atom is 0.00342 e. The molecule has 3 fully saturated rings. The molecule has 0 unspecified atom stereocenters. The molecule has 0 amide bonds. The van der Waals surface area contributed by atoms with Crippen LogP contribution in [0.5, 0.6) is 0 Å². The van der Waals surface area contributed by atoms with Crippen molar-refractivity contribution in [3.05, 3.63) is 0 Å². The Bertz CT molecular complexity index is 272. The van der Waals surface area contributed by atoms with E-state index in [1.807, 2.05) is 0 Å². The molecule has 0 aromatic carbocycles. The van der Waals surface area contributed by atoms with Crippen LogP contribution in [0.25, 0.3) is 0 Å². The minimum absolute atomic E-state index is 0.963. The van der Waals surface area contributed by atoms with E-state index in [1.54, 1.807) is 0 Å². The van der Waals surface area contributed by atoms with Crippen molar-refractivity contribution in [1.82, 2.24) is 14.7 Å². The smallest absolute Gasteiger partial charge is 0.00342 e. The molecular weight excluding hydrogens is 234 g/mol. The van der Waals surface area contributed by atoms with Crippen LogP contribution < -0.4 is 0 Å². The number of rotatable bonds is 3. The molecule has 3 aliphatic rings. The van der Waals surface area contributed by atoms with Crippen LogP contribution in [0, 0.1) is 17.8 Å². The summed E-state index contributed by atoms with van der Waals surface area (Å²) in [5.74, 6) is 3.03. The van der Waals surface area contributed by atoms with Crippen molar-refractivity contribution < 1.29 is 0 Å². The predicted octanol–water partition coefficient (Wildman–Crippen LogP) is 1.60. The first-order valence-corrected chi connectivity index (χ1v) is 8.30. The molecule has 0 aromatic rings. The van der Waals surface area contributed by atoms with Crippen molar-refractivity contribution in [3.8, 4) is 0 Å². The topological polar surface area (TPSA) is 9.72 Å². The zero-order valence-corrected chi connectivity index (χ0v) is 12.9. The van der Waals surface area contributed by atoms with E-state index < -0.39 is 0 Å². The SMILES string of the molecule is CN1CCC(C2CCN(CC3CN(C)C3)CC2)CC1. The predicted molar refractivity (Wildman–Crippen MR) is 80.4 cm³/mol. The average molecular weight is 265 g/mol. The summed E-state index contributed by atoms with van der Waals surface area (Å²) in [7, 11) is 4.51. The zero-order chi connectivity index (χ0) is 13.2. The second-order valence-electron chi connectivity index (χ2n) is 7.37. The van der Waals surface area contributed by atoms with E-state index in [4.69, 9.17) is 0 Å². The van der Waals surface area contributed by atoms with Crippen molar-refractivity contribution in [2.24, 2.45) is 17.8 Å². The van der Waals surface area contributed by atoms with E-state index in [0.717, 1.165) is 17.8 Å². The minimum Gasteiger partial charge on any atom is -0.306 e. The maximum absolute atomic E-state index is 2.74. The highest BCUT2D eigenvalue weighted by atomic mass is 15.2. The number of piperidine rings is 2. The summed E-state index contributed by atoms with van der Waals surface area (Å²) < 4.78 is 0. The van der Waals surface area contributed by atoms with Crippen LogP contribution in [0.4, 0.5) is 0 Å². The quantitative estimate of drug-likeness (QED) is 0.767. The van der Waals surface area contributed by atoms with Crippen LogP contribution in [0.3, 0.4) is 0 Å². The molecule has 3 rings (SSSR count). The van der Waals surface area contributed by atoms with Gasteiger partial charge in [0.1, 0.15) is 0 Å². The number of hydrogen-bond acceptors (Lipinski definition) is 3. The maximum atomic E-state index is 2.74. The van der Waals surface area contributed by atoms with Crippen LogP contribution in [-0.2, 0) is 0 Å². The van der Waals surface area contributed by atoms with Gasteiger partial charge < -0.3 is 14.7 Å². The Kier molecular flexibility index (Phi) is 4.45. The normalized spacial score (nSPS) is 30.6. The third-order valence-electron chi connectivity index (χ3n) is 5.72. The van der Waals surface area contributed by atoms with Gasteiger partial charge in [0.15, 0.2) is 0 Å². The molecule has 0 N–H and O–H groups in total. The molecule has 3 heterocycles. The highest BCUT2D eigenvalue weighted by Gasteiger charge is 2.31. The molecule has 0 aliphatic carbocycles. The van der Waals surface area contributed by atoms with E-state index in [0.29, 0.717) is 0 Å². The van der Waals surface area contributed by atoms with Gasteiger partial charge in [-0.25, -0.2) is 0 Å². The van der Waals surface area contributed by atoms with Gasteiger partial charge in [-0.05, 0) is 83.7 Å². The highest BCUT2D eigenvalue weighted by Crippen LogP contribution is 2.32. The Morgan fingerprint density at radius 2 is 1.26 bits per heavy atom. The zero-order valence-electron chi connectivity index (χ0n) is 12.9. The van der Waals surface area contributed by atoms with Gasteiger partial charge in [-0.3, -0.25) is 0 Å². The first kappa shape index (κ1) is 13.8. The van der Waals surface area contributed by atoms with E-state index in [9.17, 15) is 0 Å².